The number of hydrogen-bond donors (Lipinski definition) is 0. The SMILES string of the molecule is Cc1cc(C(=O)c2cc(C)cc(C(F)(F)F)c2CBr)c(CBr)c(C(F)(F)F)c1. The number of halogens is 8. The molecular weight excluding hydrogens is 518 g/mol. The number of hydrogen-bond acceptors (Lipinski definition) is 1. The maximum Gasteiger partial charge on any atom is 0.416 e. The number of carbonyl (C=O) groups excluding carboxylic acids is 1. The zero-order valence-electron chi connectivity index (χ0n) is 14.7. The van der Waals surface area contributed by atoms with Crippen LogP contribution in [0.1, 0.15) is 49.3 Å². The number of alkyl halides is 8. The molecule has 0 N–H and O–H groups in total. The first-order chi connectivity index (χ1) is 12.8. The summed E-state index contributed by atoms with van der Waals surface area (Å²) >= 11 is 5.94. The Bertz CT molecular complexity index is 843. The van der Waals surface area contributed by atoms with Crippen molar-refractivity contribution >= 4 is 37.6 Å². The summed E-state index contributed by atoms with van der Waals surface area (Å²) in [5.74, 6) is -0.882. The minimum Gasteiger partial charge on any atom is -0.289 e. The molecule has 0 aliphatic rings. The minimum atomic E-state index is -4.70. The van der Waals surface area contributed by atoms with Crippen molar-refractivity contribution in [3.63, 3.8) is 0 Å². The second kappa shape index (κ2) is 8.18. The highest BCUT2D eigenvalue weighted by Crippen LogP contribution is 2.39. The summed E-state index contributed by atoms with van der Waals surface area (Å²) in [4.78, 5) is 13.1. The van der Waals surface area contributed by atoms with E-state index in [0.29, 0.717) is 0 Å². The van der Waals surface area contributed by atoms with Crippen molar-refractivity contribution in [1.29, 1.82) is 0 Å². The number of rotatable bonds is 4. The van der Waals surface area contributed by atoms with Crippen molar-refractivity contribution in [3.8, 4) is 0 Å². The molecule has 0 aliphatic heterocycles. The molecule has 0 radical (unpaired) electrons. The first-order valence-corrected chi connectivity index (χ1v) is 10.1. The summed E-state index contributed by atoms with van der Waals surface area (Å²) < 4.78 is 80.4. The van der Waals surface area contributed by atoms with Gasteiger partial charge in [-0.25, -0.2) is 0 Å². The zero-order valence-corrected chi connectivity index (χ0v) is 17.8. The van der Waals surface area contributed by atoms with Gasteiger partial charge in [-0.15, -0.1) is 0 Å². The van der Waals surface area contributed by atoms with E-state index in [2.05, 4.69) is 31.9 Å². The summed E-state index contributed by atoms with van der Waals surface area (Å²) in [6.07, 6.45) is -9.40. The van der Waals surface area contributed by atoms with Crippen molar-refractivity contribution in [3.05, 3.63) is 68.8 Å². The van der Waals surface area contributed by atoms with Crippen molar-refractivity contribution in [1.82, 2.24) is 0 Å². The van der Waals surface area contributed by atoms with Gasteiger partial charge in [0.05, 0.1) is 11.1 Å². The van der Waals surface area contributed by atoms with E-state index in [9.17, 15) is 31.1 Å². The lowest BCUT2D eigenvalue weighted by Crippen LogP contribution is -2.17. The molecule has 0 saturated heterocycles. The van der Waals surface area contributed by atoms with Crippen LogP contribution >= 0.6 is 31.9 Å². The molecule has 0 atom stereocenters. The molecule has 152 valence electrons. The van der Waals surface area contributed by atoms with Crippen LogP contribution in [0, 0.1) is 13.8 Å². The first kappa shape index (κ1) is 22.9. The highest BCUT2D eigenvalue weighted by atomic mass is 79.9. The molecule has 0 heterocycles. The van der Waals surface area contributed by atoms with Gasteiger partial charge in [0.15, 0.2) is 5.78 Å². The summed E-state index contributed by atoms with van der Waals surface area (Å²) in [5.41, 5.74) is -2.77. The van der Waals surface area contributed by atoms with Gasteiger partial charge in [-0.3, -0.25) is 4.79 Å². The van der Waals surface area contributed by atoms with Crippen LogP contribution in [0.15, 0.2) is 24.3 Å². The molecule has 2 aromatic rings. The third-order valence-electron chi connectivity index (χ3n) is 4.16. The lowest BCUT2D eigenvalue weighted by molar-refractivity contribution is -0.138. The van der Waals surface area contributed by atoms with Gasteiger partial charge in [0.1, 0.15) is 0 Å². The van der Waals surface area contributed by atoms with Crippen LogP contribution in [0.4, 0.5) is 26.3 Å². The highest BCUT2D eigenvalue weighted by molar-refractivity contribution is 9.08. The van der Waals surface area contributed by atoms with Gasteiger partial charge in [0.2, 0.25) is 0 Å². The van der Waals surface area contributed by atoms with E-state index in [1.807, 2.05) is 0 Å². The largest absolute Gasteiger partial charge is 0.416 e. The fourth-order valence-electron chi connectivity index (χ4n) is 2.98. The average molecular weight is 532 g/mol. The standard InChI is InChI=1S/C19H14Br2F6O/c1-9-3-11(13(7-20)15(5-9)18(22,23)24)17(28)12-4-10(2)6-16(14(12)8-21)19(25,26)27/h3-6H,7-8H2,1-2H3. The quantitative estimate of drug-likeness (QED) is 0.229. The topological polar surface area (TPSA) is 17.1 Å². The van der Waals surface area contributed by atoms with Crippen molar-refractivity contribution in [2.75, 3.05) is 0 Å². The predicted molar refractivity (Wildman–Crippen MR) is 101 cm³/mol. The van der Waals surface area contributed by atoms with E-state index < -0.39 is 29.3 Å². The van der Waals surface area contributed by atoms with Crippen LogP contribution < -0.4 is 0 Å². The molecule has 0 unspecified atom stereocenters. The molecule has 0 saturated carbocycles. The summed E-state index contributed by atoms with van der Waals surface area (Å²) in [5, 5.41) is -0.546. The maximum absolute atomic E-state index is 13.4. The Morgan fingerprint density at radius 2 is 1.07 bits per heavy atom. The maximum atomic E-state index is 13.4. The van der Waals surface area contributed by atoms with E-state index in [1.54, 1.807) is 0 Å². The van der Waals surface area contributed by atoms with Crippen molar-refractivity contribution < 1.29 is 31.1 Å². The van der Waals surface area contributed by atoms with Crippen LogP contribution in [0.3, 0.4) is 0 Å². The summed E-state index contributed by atoms with van der Waals surface area (Å²) in [6.45, 7) is 2.79. The summed E-state index contributed by atoms with van der Waals surface area (Å²) in [7, 11) is 0. The molecule has 0 amide bonds. The Hall–Kier alpha value is -1.35. The molecule has 28 heavy (non-hydrogen) atoms. The third kappa shape index (κ3) is 4.62. The number of ketones is 1. The van der Waals surface area contributed by atoms with E-state index in [-0.39, 0.29) is 44.0 Å². The number of carbonyl (C=O) groups is 1. The van der Waals surface area contributed by atoms with E-state index in [0.717, 1.165) is 12.1 Å². The molecule has 0 fully saturated rings. The fourth-order valence-corrected chi connectivity index (χ4v) is 4.18. The predicted octanol–water partition coefficient (Wildman–Crippen LogP) is 7.36. The molecule has 2 rings (SSSR count). The Kier molecular flexibility index (Phi) is 6.70. The van der Waals surface area contributed by atoms with Gasteiger partial charge in [-0.05, 0) is 60.4 Å². The van der Waals surface area contributed by atoms with Gasteiger partial charge in [-0.1, -0.05) is 31.9 Å². The van der Waals surface area contributed by atoms with Crippen molar-refractivity contribution in [2.24, 2.45) is 0 Å². The Labute approximate surface area is 174 Å². The minimum absolute atomic E-state index is 0.185. The van der Waals surface area contributed by atoms with E-state index in [4.69, 9.17) is 0 Å². The highest BCUT2D eigenvalue weighted by Gasteiger charge is 2.37. The van der Waals surface area contributed by atoms with Crippen LogP contribution in [0.5, 0.6) is 0 Å². The lowest BCUT2D eigenvalue weighted by atomic mass is 9.89. The molecule has 0 spiro atoms. The molecule has 1 nitrogen and oxygen atoms in total. The first-order valence-electron chi connectivity index (χ1n) is 7.89. The molecule has 9 heteroatoms. The Morgan fingerprint density at radius 1 is 0.750 bits per heavy atom. The van der Waals surface area contributed by atoms with Crippen LogP contribution in [-0.4, -0.2) is 5.78 Å². The molecule has 0 aromatic heterocycles. The van der Waals surface area contributed by atoms with Gasteiger partial charge in [0, 0.05) is 21.8 Å². The summed E-state index contributed by atoms with van der Waals surface area (Å²) in [6, 6.07) is 4.36. The van der Waals surface area contributed by atoms with Gasteiger partial charge in [0.25, 0.3) is 0 Å². The second-order valence-electron chi connectivity index (χ2n) is 6.27. The number of aryl methyl sites for hydroxylation is 2. The van der Waals surface area contributed by atoms with Crippen molar-refractivity contribution in [2.45, 2.75) is 36.9 Å². The number of benzene rings is 2. The van der Waals surface area contributed by atoms with E-state index >= 15 is 0 Å². The molecular formula is C19H14Br2F6O. The fraction of sp³-hybridized carbons (Fsp3) is 0.316. The van der Waals surface area contributed by atoms with Crippen LogP contribution in [0.2, 0.25) is 0 Å². The van der Waals surface area contributed by atoms with Gasteiger partial charge in [-0.2, -0.15) is 26.3 Å². The molecule has 2 aromatic carbocycles. The lowest BCUT2D eigenvalue weighted by Gasteiger charge is -2.19. The smallest absolute Gasteiger partial charge is 0.289 e. The third-order valence-corrected chi connectivity index (χ3v) is 5.28. The van der Waals surface area contributed by atoms with Gasteiger partial charge >= 0.3 is 12.4 Å². The zero-order chi connectivity index (χ0) is 21.4. The Balaban J connectivity index is 2.81. The second-order valence-corrected chi connectivity index (χ2v) is 7.39. The van der Waals surface area contributed by atoms with E-state index in [1.165, 1.54) is 26.0 Å². The average Bonchev–Trinajstić information content (AvgIpc) is 2.58. The Morgan fingerprint density at radius 3 is 1.32 bits per heavy atom. The van der Waals surface area contributed by atoms with Crippen LogP contribution in [0.25, 0.3) is 0 Å². The molecule has 0 bridgehead atoms. The van der Waals surface area contributed by atoms with Crippen LogP contribution in [-0.2, 0) is 23.0 Å². The normalized spacial score (nSPS) is 12.4. The van der Waals surface area contributed by atoms with Gasteiger partial charge < -0.3 is 0 Å². The monoisotopic (exact) mass is 530 g/mol. The molecule has 0 aliphatic carbocycles.